The lowest BCUT2D eigenvalue weighted by Gasteiger charge is -2.27. The number of hydrogen-bond donors (Lipinski definition) is 1. The highest BCUT2D eigenvalue weighted by Gasteiger charge is 2.23. The van der Waals surface area contributed by atoms with Gasteiger partial charge in [0.15, 0.2) is 0 Å². The molecule has 1 N–H and O–H groups in total. The highest BCUT2D eigenvalue weighted by Crippen LogP contribution is 2.17. The quantitative estimate of drug-likeness (QED) is 0.592. The largest absolute Gasteiger partial charge is 0.383 e. The van der Waals surface area contributed by atoms with Crippen LogP contribution in [0.25, 0.3) is 0 Å². The normalized spacial score (nSPS) is 21.0. The highest BCUT2D eigenvalue weighted by molar-refractivity contribution is 4.80. The molecule has 1 atom stereocenters. The fourth-order valence-electron chi connectivity index (χ4n) is 2.74. The first-order valence-electron chi connectivity index (χ1n) is 7.40. The SMILES string of the molecule is CCN1CCCC1CN(C)CCCNCCOC. The van der Waals surface area contributed by atoms with Crippen LogP contribution >= 0.6 is 0 Å². The molecule has 1 heterocycles. The van der Waals surface area contributed by atoms with Crippen molar-refractivity contribution in [1.82, 2.24) is 15.1 Å². The smallest absolute Gasteiger partial charge is 0.0587 e. The molecule has 0 amide bonds. The van der Waals surface area contributed by atoms with Crippen LogP contribution in [0.3, 0.4) is 0 Å². The Kier molecular flexibility index (Phi) is 8.59. The fourth-order valence-corrected chi connectivity index (χ4v) is 2.74. The maximum atomic E-state index is 5.00. The molecule has 1 saturated heterocycles. The Morgan fingerprint density at radius 3 is 2.94 bits per heavy atom. The minimum atomic E-state index is 0.793. The van der Waals surface area contributed by atoms with Gasteiger partial charge in [0.1, 0.15) is 0 Å². The molecule has 0 saturated carbocycles. The van der Waals surface area contributed by atoms with E-state index in [0.717, 1.165) is 25.7 Å². The van der Waals surface area contributed by atoms with E-state index in [2.05, 4.69) is 29.1 Å². The minimum absolute atomic E-state index is 0.793. The van der Waals surface area contributed by atoms with Crippen LogP contribution in [0.1, 0.15) is 26.2 Å². The number of nitrogens with zero attached hydrogens (tertiary/aromatic N) is 2. The van der Waals surface area contributed by atoms with E-state index in [1.165, 1.54) is 45.4 Å². The zero-order valence-corrected chi connectivity index (χ0v) is 12.5. The van der Waals surface area contributed by atoms with E-state index in [1.54, 1.807) is 7.11 Å². The van der Waals surface area contributed by atoms with Gasteiger partial charge in [-0.1, -0.05) is 6.92 Å². The van der Waals surface area contributed by atoms with Crippen LogP contribution in [-0.2, 0) is 4.74 Å². The topological polar surface area (TPSA) is 27.7 Å². The first-order chi connectivity index (χ1) is 8.77. The van der Waals surface area contributed by atoms with E-state index in [0.29, 0.717) is 0 Å². The van der Waals surface area contributed by atoms with Crippen molar-refractivity contribution in [3.63, 3.8) is 0 Å². The second kappa shape index (κ2) is 9.73. The number of rotatable bonds is 10. The van der Waals surface area contributed by atoms with Crippen molar-refractivity contribution >= 4 is 0 Å². The highest BCUT2D eigenvalue weighted by atomic mass is 16.5. The van der Waals surface area contributed by atoms with Crippen LogP contribution in [0.5, 0.6) is 0 Å². The van der Waals surface area contributed by atoms with Crippen molar-refractivity contribution in [2.24, 2.45) is 0 Å². The number of hydrogen-bond acceptors (Lipinski definition) is 4. The van der Waals surface area contributed by atoms with Crippen molar-refractivity contribution in [3.8, 4) is 0 Å². The van der Waals surface area contributed by atoms with Crippen LogP contribution in [-0.4, -0.2) is 75.9 Å². The van der Waals surface area contributed by atoms with Crippen LogP contribution in [0.2, 0.25) is 0 Å². The second-order valence-corrected chi connectivity index (χ2v) is 5.28. The molecule has 1 aliphatic heterocycles. The molecule has 4 nitrogen and oxygen atoms in total. The molecule has 0 bridgehead atoms. The van der Waals surface area contributed by atoms with E-state index in [1.807, 2.05) is 0 Å². The van der Waals surface area contributed by atoms with Gasteiger partial charge in [0, 0.05) is 26.2 Å². The van der Waals surface area contributed by atoms with Crippen LogP contribution in [0, 0.1) is 0 Å². The number of ether oxygens (including phenoxy) is 1. The lowest BCUT2D eigenvalue weighted by Crippen LogP contribution is -2.39. The molecule has 0 aromatic heterocycles. The Morgan fingerprint density at radius 1 is 1.39 bits per heavy atom. The van der Waals surface area contributed by atoms with Crippen LogP contribution in [0.15, 0.2) is 0 Å². The predicted octanol–water partition coefficient (Wildman–Crippen LogP) is 1.03. The molecule has 4 heteroatoms. The summed E-state index contributed by atoms with van der Waals surface area (Å²) in [5, 5.41) is 3.39. The van der Waals surface area contributed by atoms with Gasteiger partial charge in [0.2, 0.25) is 0 Å². The molecule has 1 rings (SSSR count). The second-order valence-electron chi connectivity index (χ2n) is 5.28. The fraction of sp³-hybridized carbons (Fsp3) is 1.00. The monoisotopic (exact) mass is 257 g/mol. The lowest BCUT2D eigenvalue weighted by atomic mass is 10.2. The Bertz CT molecular complexity index is 201. The van der Waals surface area contributed by atoms with Crippen molar-refractivity contribution in [2.75, 3.05) is 60.0 Å². The van der Waals surface area contributed by atoms with Gasteiger partial charge in [-0.25, -0.2) is 0 Å². The number of likely N-dealkylation sites (N-methyl/N-ethyl adjacent to an activating group) is 2. The third-order valence-electron chi connectivity index (χ3n) is 3.80. The summed E-state index contributed by atoms with van der Waals surface area (Å²) in [7, 11) is 4.00. The third kappa shape index (κ3) is 6.14. The zero-order valence-electron chi connectivity index (χ0n) is 12.5. The number of nitrogens with one attached hydrogen (secondary N) is 1. The van der Waals surface area contributed by atoms with Gasteiger partial charge in [0.25, 0.3) is 0 Å². The van der Waals surface area contributed by atoms with Gasteiger partial charge >= 0.3 is 0 Å². The molecule has 0 spiro atoms. The van der Waals surface area contributed by atoms with Crippen molar-refractivity contribution < 1.29 is 4.74 Å². The molecular formula is C14H31N3O. The maximum Gasteiger partial charge on any atom is 0.0587 e. The molecular weight excluding hydrogens is 226 g/mol. The number of methoxy groups -OCH3 is 1. The summed E-state index contributed by atoms with van der Waals surface area (Å²) in [5.41, 5.74) is 0. The van der Waals surface area contributed by atoms with Gasteiger partial charge in [-0.15, -0.1) is 0 Å². The van der Waals surface area contributed by atoms with E-state index < -0.39 is 0 Å². The molecule has 1 fully saturated rings. The summed E-state index contributed by atoms with van der Waals surface area (Å²) in [4.78, 5) is 5.10. The summed E-state index contributed by atoms with van der Waals surface area (Å²) in [6, 6.07) is 0.793. The minimum Gasteiger partial charge on any atom is -0.383 e. The molecule has 0 radical (unpaired) electrons. The van der Waals surface area contributed by atoms with Crippen LogP contribution in [0.4, 0.5) is 0 Å². The van der Waals surface area contributed by atoms with Gasteiger partial charge in [0.05, 0.1) is 6.61 Å². The summed E-state index contributed by atoms with van der Waals surface area (Å²) < 4.78 is 5.00. The summed E-state index contributed by atoms with van der Waals surface area (Å²) in [6.45, 7) is 10.1. The van der Waals surface area contributed by atoms with Crippen molar-refractivity contribution in [3.05, 3.63) is 0 Å². The Labute approximate surface area is 113 Å². The maximum absolute atomic E-state index is 5.00. The van der Waals surface area contributed by atoms with E-state index >= 15 is 0 Å². The van der Waals surface area contributed by atoms with Gasteiger partial charge in [-0.05, 0) is 52.5 Å². The van der Waals surface area contributed by atoms with Crippen molar-refractivity contribution in [2.45, 2.75) is 32.2 Å². The molecule has 0 aliphatic carbocycles. The molecule has 1 unspecified atom stereocenters. The summed E-state index contributed by atoms with van der Waals surface area (Å²) >= 11 is 0. The average molecular weight is 257 g/mol. The molecule has 0 aromatic rings. The van der Waals surface area contributed by atoms with E-state index in [4.69, 9.17) is 4.74 Å². The molecule has 108 valence electrons. The first-order valence-corrected chi connectivity index (χ1v) is 7.40. The van der Waals surface area contributed by atoms with Gasteiger partial charge < -0.3 is 15.0 Å². The van der Waals surface area contributed by atoms with E-state index in [9.17, 15) is 0 Å². The van der Waals surface area contributed by atoms with Gasteiger partial charge in [-0.2, -0.15) is 0 Å². The Hall–Kier alpha value is -0.160. The standard InChI is InChI=1S/C14H31N3O/c1-4-17-11-5-7-14(17)13-16(2)10-6-8-15-9-12-18-3/h14-15H,4-13H2,1-3H3. The van der Waals surface area contributed by atoms with Gasteiger partial charge in [-0.3, -0.25) is 4.90 Å². The lowest BCUT2D eigenvalue weighted by molar-refractivity contribution is 0.192. The average Bonchev–Trinajstić information content (AvgIpc) is 2.80. The van der Waals surface area contributed by atoms with E-state index in [-0.39, 0.29) is 0 Å². The summed E-state index contributed by atoms with van der Waals surface area (Å²) in [5.74, 6) is 0. The predicted molar refractivity (Wildman–Crippen MR) is 77.1 cm³/mol. The molecule has 1 aliphatic rings. The summed E-state index contributed by atoms with van der Waals surface area (Å²) in [6.07, 6.45) is 3.98. The molecule has 0 aromatic carbocycles. The van der Waals surface area contributed by atoms with Crippen LogP contribution < -0.4 is 5.32 Å². The molecule has 18 heavy (non-hydrogen) atoms. The zero-order chi connectivity index (χ0) is 13.2. The Morgan fingerprint density at radius 2 is 2.22 bits per heavy atom. The third-order valence-corrected chi connectivity index (χ3v) is 3.80. The Balaban J connectivity index is 2.01. The number of likely N-dealkylation sites (tertiary alicyclic amines) is 1. The van der Waals surface area contributed by atoms with Crippen molar-refractivity contribution in [1.29, 1.82) is 0 Å². The first kappa shape index (κ1) is 15.9.